The zero-order valence-electron chi connectivity index (χ0n) is 19.8. The summed E-state index contributed by atoms with van der Waals surface area (Å²) in [4.78, 5) is 18.2. The van der Waals surface area contributed by atoms with Crippen LogP contribution in [0.15, 0.2) is 48.5 Å². The molecule has 1 heterocycles. The first-order chi connectivity index (χ1) is 15.7. The van der Waals surface area contributed by atoms with E-state index >= 15 is 0 Å². The van der Waals surface area contributed by atoms with Crippen molar-refractivity contribution in [3.63, 3.8) is 0 Å². The van der Waals surface area contributed by atoms with Crippen LogP contribution in [0.4, 0.5) is 0 Å². The van der Waals surface area contributed by atoms with Crippen molar-refractivity contribution in [3.05, 3.63) is 65.2 Å². The van der Waals surface area contributed by atoms with E-state index in [1.165, 1.54) is 30.4 Å². The van der Waals surface area contributed by atoms with E-state index in [-0.39, 0.29) is 5.92 Å². The molecule has 0 radical (unpaired) electrons. The molecule has 0 aromatic heterocycles. The van der Waals surface area contributed by atoms with Crippen molar-refractivity contribution in [2.45, 2.75) is 63.3 Å². The summed E-state index contributed by atoms with van der Waals surface area (Å²) in [6.45, 7) is 2.71. The number of carbonyl (C=O) groups is 1. The molecule has 1 fully saturated rings. The molecule has 2 aromatic carbocycles. The Bertz CT molecular complexity index is 860. The third-order valence-corrected chi connectivity index (χ3v) is 7.35. The molecule has 1 aliphatic heterocycles. The van der Waals surface area contributed by atoms with Crippen LogP contribution in [0, 0.1) is 0 Å². The Hall–Kier alpha value is -2.33. The minimum Gasteiger partial charge on any atom is -0.496 e. The first-order valence-electron chi connectivity index (χ1n) is 12.4. The second kappa shape index (κ2) is 11.0. The summed E-state index contributed by atoms with van der Waals surface area (Å²) in [5, 5.41) is 0. The fourth-order valence-corrected chi connectivity index (χ4v) is 5.55. The van der Waals surface area contributed by atoms with Crippen molar-refractivity contribution in [2.75, 3.05) is 33.8 Å². The van der Waals surface area contributed by atoms with Crippen molar-refractivity contribution < 1.29 is 9.53 Å². The Morgan fingerprint density at radius 1 is 1.03 bits per heavy atom. The molecule has 2 unspecified atom stereocenters. The van der Waals surface area contributed by atoms with Gasteiger partial charge in [-0.05, 0) is 69.3 Å². The quantitative estimate of drug-likeness (QED) is 0.570. The van der Waals surface area contributed by atoms with E-state index in [2.05, 4.69) is 59.3 Å². The molecule has 32 heavy (non-hydrogen) atoms. The summed E-state index contributed by atoms with van der Waals surface area (Å²) >= 11 is 0. The maximum Gasteiger partial charge on any atom is 0.230 e. The molecule has 4 heteroatoms. The lowest BCUT2D eigenvalue weighted by Gasteiger charge is -2.35. The SMILES string of the molecule is COc1cccc2c1C(N(C)CCC(C(=O)N1CCCCCC1)c1ccccc1)CCC2. The molecular formula is C28H38N2O2. The van der Waals surface area contributed by atoms with Crippen molar-refractivity contribution >= 4 is 5.91 Å². The standard InChI is InChI=1S/C28H38N2O2/c1-29(25-16-10-14-23-15-11-17-26(32-2)27(23)25)21-18-24(22-12-6-5-7-13-22)28(31)30-19-8-3-4-9-20-30/h5-7,11-13,15,17,24-25H,3-4,8-10,14,16,18-21H2,1-2H3. The maximum atomic E-state index is 13.6. The lowest BCUT2D eigenvalue weighted by molar-refractivity contribution is -0.133. The normalized spacial score (nSPS) is 19.8. The second-order valence-electron chi connectivity index (χ2n) is 9.41. The van der Waals surface area contributed by atoms with Gasteiger partial charge in [-0.3, -0.25) is 9.69 Å². The van der Waals surface area contributed by atoms with Gasteiger partial charge in [-0.2, -0.15) is 0 Å². The third kappa shape index (κ3) is 5.17. The summed E-state index contributed by atoms with van der Waals surface area (Å²) < 4.78 is 5.73. The van der Waals surface area contributed by atoms with Crippen LogP contribution in [0.3, 0.4) is 0 Å². The van der Waals surface area contributed by atoms with Gasteiger partial charge in [0.2, 0.25) is 5.91 Å². The van der Waals surface area contributed by atoms with E-state index in [1.807, 2.05) is 6.07 Å². The van der Waals surface area contributed by atoms with Gasteiger partial charge in [0, 0.05) is 24.7 Å². The van der Waals surface area contributed by atoms with Crippen molar-refractivity contribution in [1.29, 1.82) is 0 Å². The van der Waals surface area contributed by atoms with Gasteiger partial charge in [0.15, 0.2) is 0 Å². The number of carbonyl (C=O) groups excluding carboxylic acids is 1. The molecule has 2 aromatic rings. The van der Waals surface area contributed by atoms with E-state index in [4.69, 9.17) is 4.74 Å². The van der Waals surface area contributed by atoms with Gasteiger partial charge >= 0.3 is 0 Å². The van der Waals surface area contributed by atoms with Gasteiger partial charge in [-0.25, -0.2) is 0 Å². The minimum absolute atomic E-state index is 0.0718. The molecule has 0 saturated carbocycles. The monoisotopic (exact) mass is 434 g/mol. The number of methoxy groups -OCH3 is 1. The summed E-state index contributed by atoms with van der Waals surface area (Å²) in [6, 6.07) is 17.2. The van der Waals surface area contributed by atoms with Crippen molar-refractivity contribution in [3.8, 4) is 5.75 Å². The number of rotatable bonds is 7. The average molecular weight is 435 g/mol. The van der Waals surface area contributed by atoms with Gasteiger partial charge < -0.3 is 9.64 Å². The molecule has 2 atom stereocenters. The summed E-state index contributed by atoms with van der Waals surface area (Å²) in [6.07, 6.45) is 9.05. The Kier molecular flexibility index (Phi) is 7.85. The molecule has 1 aliphatic carbocycles. The molecule has 1 amide bonds. The fraction of sp³-hybridized carbons (Fsp3) is 0.536. The fourth-order valence-electron chi connectivity index (χ4n) is 5.55. The molecule has 2 aliphatic rings. The van der Waals surface area contributed by atoms with Crippen LogP contribution in [-0.4, -0.2) is 49.5 Å². The molecule has 172 valence electrons. The first kappa shape index (κ1) is 22.8. The number of hydrogen-bond acceptors (Lipinski definition) is 3. The highest BCUT2D eigenvalue weighted by Gasteiger charge is 2.30. The molecule has 0 N–H and O–H groups in total. The molecule has 1 saturated heterocycles. The summed E-state index contributed by atoms with van der Waals surface area (Å²) in [7, 11) is 3.98. The topological polar surface area (TPSA) is 32.8 Å². The third-order valence-electron chi connectivity index (χ3n) is 7.35. The highest BCUT2D eigenvalue weighted by Crippen LogP contribution is 2.40. The van der Waals surface area contributed by atoms with Crippen LogP contribution in [-0.2, 0) is 11.2 Å². The largest absolute Gasteiger partial charge is 0.496 e. The first-order valence-corrected chi connectivity index (χ1v) is 12.4. The van der Waals surface area contributed by atoms with E-state index in [0.29, 0.717) is 11.9 Å². The van der Waals surface area contributed by atoms with Gasteiger partial charge in [-0.15, -0.1) is 0 Å². The highest BCUT2D eigenvalue weighted by atomic mass is 16.5. The van der Waals surface area contributed by atoms with Crippen molar-refractivity contribution in [1.82, 2.24) is 9.80 Å². The number of ether oxygens (including phenoxy) is 1. The molecule has 0 bridgehead atoms. The Morgan fingerprint density at radius 3 is 2.50 bits per heavy atom. The molecule has 0 spiro atoms. The van der Waals surface area contributed by atoms with Crippen molar-refractivity contribution in [2.24, 2.45) is 0 Å². The predicted octanol–water partition coefficient (Wildman–Crippen LogP) is 5.58. The lowest BCUT2D eigenvalue weighted by atomic mass is 9.85. The Balaban J connectivity index is 1.51. The van der Waals surface area contributed by atoms with Gasteiger partial charge in [0.05, 0.1) is 13.0 Å². The number of benzene rings is 2. The van der Waals surface area contributed by atoms with E-state index in [9.17, 15) is 4.79 Å². The highest BCUT2D eigenvalue weighted by molar-refractivity contribution is 5.83. The van der Waals surface area contributed by atoms with E-state index in [1.54, 1.807) is 7.11 Å². The number of amides is 1. The van der Waals surface area contributed by atoms with Gasteiger partial charge in [0.25, 0.3) is 0 Å². The number of likely N-dealkylation sites (tertiary alicyclic amines) is 1. The molecular weight excluding hydrogens is 396 g/mol. The van der Waals surface area contributed by atoms with E-state index < -0.39 is 0 Å². The number of aryl methyl sites for hydroxylation is 1. The van der Waals surface area contributed by atoms with E-state index in [0.717, 1.165) is 63.1 Å². The maximum absolute atomic E-state index is 13.6. The number of fused-ring (bicyclic) bond motifs is 1. The average Bonchev–Trinajstić information content (AvgIpc) is 3.13. The minimum atomic E-state index is -0.0718. The number of hydrogen-bond donors (Lipinski definition) is 0. The summed E-state index contributed by atoms with van der Waals surface area (Å²) in [5.74, 6) is 1.24. The van der Waals surface area contributed by atoms with Crippen LogP contribution < -0.4 is 4.74 Å². The molecule has 4 nitrogen and oxygen atoms in total. The zero-order chi connectivity index (χ0) is 22.3. The predicted molar refractivity (Wildman–Crippen MR) is 130 cm³/mol. The summed E-state index contributed by atoms with van der Waals surface area (Å²) in [5.41, 5.74) is 3.91. The Labute approximate surface area is 193 Å². The van der Waals surface area contributed by atoms with Gasteiger partial charge in [0.1, 0.15) is 5.75 Å². The van der Waals surface area contributed by atoms with Gasteiger partial charge in [-0.1, -0.05) is 55.3 Å². The second-order valence-corrected chi connectivity index (χ2v) is 9.41. The lowest BCUT2D eigenvalue weighted by Crippen LogP contribution is -2.37. The van der Waals surface area contributed by atoms with Crippen LogP contribution >= 0.6 is 0 Å². The van der Waals surface area contributed by atoms with Crippen LogP contribution in [0.1, 0.15) is 73.6 Å². The smallest absolute Gasteiger partial charge is 0.230 e. The Morgan fingerprint density at radius 2 is 1.78 bits per heavy atom. The zero-order valence-corrected chi connectivity index (χ0v) is 19.8. The van der Waals surface area contributed by atoms with Crippen LogP contribution in [0.2, 0.25) is 0 Å². The van der Waals surface area contributed by atoms with Crippen LogP contribution in [0.25, 0.3) is 0 Å². The molecule has 4 rings (SSSR count). The number of nitrogens with zero attached hydrogens (tertiary/aromatic N) is 2. The van der Waals surface area contributed by atoms with Crippen LogP contribution in [0.5, 0.6) is 5.75 Å².